The highest BCUT2D eigenvalue weighted by Crippen LogP contribution is 2.31. The number of rotatable bonds is 8. The lowest BCUT2D eigenvalue weighted by Crippen LogP contribution is -2.31. The Hall–Kier alpha value is -2.29. The van der Waals surface area contributed by atoms with E-state index in [0.29, 0.717) is 17.1 Å². The summed E-state index contributed by atoms with van der Waals surface area (Å²) in [6.45, 7) is -0.107. The minimum atomic E-state index is -3.85. The number of ether oxygens (including phenoxy) is 3. The van der Waals surface area contributed by atoms with E-state index in [9.17, 15) is 13.5 Å². The molecule has 7 nitrogen and oxygen atoms in total. The van der Waals surface area contributed by atoms with Gasteiger partial charge in [-0.1, -0.05) is 12.1 Å². The van der Waals surface area contributed by atoms with Gasteiger partial charge in [-0.3, -0.25) is 0 Å². The molecule has 0 radical (unpaired) electrons. The Bertz CT molecular complexity index is 835. The summed E-state index contributed by atoms with van der Waals surface area (Å²) >= 11 is 0. The summed E-state index contributed by atoms with van der Waals surface area (Å²) < 4.78 is 42.1. The van der Waals surface area contributed by atoms with Gasteiger partial charge in [0.2, 0.25) is 10.0 Å². The van der Waals surface area contributed by atoms with E-state index >= 15 is 0 Å². The highest BCUT2D eigenvalue weighted by Gasteiger charge is 2.27. The summed E-state index contributed by atoms with van der Waals surface area (Å²) in [5.41, 5.74) is 0.592. The van der Waals surface area contributed by atoms with Crippen molar-refractivity contribution in [3.8, 4) is 17.2 Å². The zero-order valence-electron chi connectivity index (χ0n) is 15.2. The summed E-state index contributed by atoms with van der Waals surface area (Å²) in [5.74, 6) is 1.32. The number of hydrogen-bond donors (Lipinski definition) is 1. The minimum Gasteiger partial charge on any atom is -0.497 e. The lowest BCUT2D eigenvalue weighted by molar-refractivity contribution is 0.155. The normalized spacial score (nSPS) is 12.7. The van der Waals surface area contributed by atoms with Crippen molar-refractivity contribution in [3.05, 3.63) is 48.0 Å². The molecule has 26 heavy (non-hydrogen) atoms. The van der Waals surface area contributed by atoms with Gasteiger partial charge < -0.3 is 19.3 Å². The topological polar surface area (TPSA) is 85.3 Å². The zero-order chi connectivity index (χ0) is 19.3. The zero-order valence-corrected chi connectivity index (χ0v) is 16.0. The second-order valence-electron chi connectivity index (χ2n) is 5.59. The molecular weight excluding hydrogens is 358 g/mol. The second-order valence-corrected chi connectivity index (χ2v) is 7.60. The highest BCUT2D eigenvalue weighted by molar-refractivity contribution is 7.89. The lowest BCUT2D eigenvalue weighted by atomic mass is 10.1. The van der Waals surface area contributed by atoms with E-state index in [-0.39, 0.29) is 17.2 Å². The number of methoxy groups -OCH3 is 3. The van der Waals surface area contributed by atoms with Crippen molar-refractivity contribution in [2.24, 2.45) is 0 Å². The molecule has 0 aliphatic rings. The van der Waals surface area contributed by atoms with Gasteiger partial charge in [-0.25, -0.2) is 8.42 Å². The van der Waals surface area contributed by atoms with Crippen LogP contribution in [0.4, 0.5) is 0 Å². The number of benzene rings is 2. The number of hydrogen-bond acceptors (Lipinski definition) is 6. The van der Waals surface area contributed by atoms with Crippen LogP contribution in [-0.4, -0.2) is 52.8 Å². The Labute approximate surface area is 153 Å². The van der Waals surface area contributed by atoms with Crippen LogP contribution in [-0.2, 0) is 10.0 Å². The molecule has 1 unspecified atom stereocenters. The molecule has 2 rings (SSSR count). The SMILES string of the molecule is COc1ccc(C(O)CN(C)S(=O)(=O)c2ccc(OC)cc2OC)cc1. The van der Waals surface area contributed by atoms with Gasteiger partial charge >= 0.3 is 0 Å². The van der Waals surface area contributed by atoms with Crippen LogP contribution in [0.2, 0.25) is 0 Å². The molecule has 0 saturated heterocycles. The second kappa shape index (κ2) is 8.39. The first kappa shape index (κ1) is 20.0. The van der Waals surface area contributed by atoms with E-state index in [2.05, 4.69) is 0 Å². The highest BCUT2D eigenvalue weighted by atomic mass is 32.2. The average Bonchev–Trinajstić information content (AvgIpc) is 2.67. The molecule has 2 aromatic rings. The first-order valence-electron chi connectivity index (χ1n) is 7.84. The summed E-state index contributed by atoms with van der Waals surface area (Å²) in [4.78, 5) is 0.00484. The van der Waals surface area contributed by atoms with Crippen molar-refractivity contribution in [1.82, 2.24) is 4.31 Å². The van der Waals surface area contributed by atoms with Gasteiger partial charge in [0.05, 0.1) is 27.4 Å². The Kier molecular flexibility index (Phi) is 6.47. The van der Waals surface area contributed by atoms with E-state index in [4.69, 9.17) is 14.2 Å². The largest absolute Gasteiger partial charge is 0.497 e. The third-order valence-corrected chi connectivity index (χ3v) is 5.85. The molecule has 0 amide bonds. The van der Waals surface area contributed by atoms with Gasteiger partial charge in [0.15, 0.2) is 0 Å². The van der Waals surface area contributed by atoms with Crippen molar-refractivity contribution >= 4 is 10.0 Å². The fourth-order valence-electron chi connectivity index (χ4n) is 2.43. The Morgan fingerprint density at radius 2 is 1.54 bits per heavy atom. The molecule has 0 spiro atoms. The predicted molar refractivity (Wildman–Crippen MR) is 97.3 cm³/mol. The molecule has 2 aromatic carbocycles. The van der Waals surface area contributed by atoms with Crippen LogP contribution in [0.5, 0.6) is 17.2 Å². The smallest absolute Gasteiger partial charge is 0.246 e. The summed E-state index contributed by atoms with van der Waals surface area (Å²) in [6.07, 6.45) is -0.982. The first-order chi connectivity index (χ1) is 12.3. The van der Waals surface area contributed by atoms with Crippen LogP contribution >= 0.6 is 0 Å². The molecule has 142 valence electrons. The molecule has 0 aromatic heterocycles. The maximum atomic E-state index is 12.9. The number of nitrogens with zero attached hydrogens (tertiary/aromatic N) is 1. The number of sulfonamides is 1. The van der Waals surface area contributed by atoms with Crippen LogP contribution in [0.15, 0.2) is 47.4 Å². The maximum Gasteiger partial charge on any atom is 0.246 e. The van der Waals surface area contributed by atoms with Gasteiger partial charge in [0.25, 0.3) is 0 Å². The van der Waals surface area contributed by atoms with E-state index in [1.54, 1.807) is 37.4 Å². The van der Waals surface area contributed by atoms with Gasteiger partial charge in [0.1, 0.15) is 22.1 Å². The van der Waals surface area contributed by atoms with Gasteiger partial charge in [-0.05, 0) is 29.8 Å². The molecular formula is C18H23NO6S. The monoisotopic (exact) mass is 381 g/mol. The lowest BCUT2D eigenvalue weighted by Gasteiger charge is -2.22. The van der Waals surface area contributed by atoms with Gasteiger partial charge in [-0.2, -0.15) is 4.31 Å². The summed E-state index contributed by atoms with van der Waals surface area (Å²) in [5, 5.41) is 10.4. The maximum absolute atomic E-state index is 12.9. The van der Waals surface area contributed by atoms with E-state index < -0.39 is 16.1 Å². The standard InChI is InChI=1S/C18H23NO6S/c1-19(12-16(20)13-5-7-14(23-2)8-6-13)26(21,22)18-10-9-15(24-3)11-17(18)25-4/h5-11,16,20H,12H2,1-4H3. The van der Waals surface area contributed by atoms with Crippen molar-refractivity contribution in [1.29, 1.82) is 0 Å². The Morgan fingerprint density at radius 1 is 0.962 bits per heavy atom. The van der Waals surface area contributed by atoms with Crippen LogP contribution in [0, 0.1) is 0 Å². The molecule has 8 heteroatoms. The fourth-order valence-corrected chi connectivity index (χ4v) is 3.74. The quantitative estimate of drug-likeness (QED) is 0.753. The number of likely N-dealkylation sites (N-methyl/N-ethyl adjacent to an activating group) is 1. The molecule has 0 saturated carbocycles. The van der Waals surface area contributed by atoms with Gasteiger partial charge in [0, 0.05) is 19.7 Å². The van der Waals surface area contributed by atoms with Crippen molar-refractivity contribution < 1.29 is 27.7 Å². The van der Waals surface area contributed by atoms with Crippen LogP contribution in [0.3, 0.4) is 0 Å². The summed E-state index contributed by atoms with van der Waals surface area (Å²) in [7, 11) is 1.98. The molecule has 1 atom stereocenters. The third-order valence-electron chi connectivity index (χ3n) is 3.99. The van der Waals surface area contributed by atoms with Crippen LogP contribution in [0.1, 0.15) is 11.7 Å². The fraction of sp³-hybridized carbons (Fsp3) is 0.333. The van der Waals surface area contributed by atoms with Crippen molar-refractivity contribution in [3.63, 3.8) is 0 Å². The minimum absolute atomic E-state index is 0.00484. The molecule has 1 N–H and O–H groups in total. The molecule has 0 bridgehead atoms. The van der Waals surface area contributed by atoms with E-state index in [1.807, 2.05) is 0 Å². The van der Waals surface area contributed by atoms with Crippen molar-refractivity contribution in [2.75, 3.05) is 34.9 Å². The molecule has 0 aliphatic heterocycles. The van der Waals surface area contributed by atoms with Crippen LogP contribution < -0.4 is 14.2 Å². The van der Waals surface area contributed by atoms with Crippen LogP contribution in [0.25, 0.3) is 0 Å². The Morgan fingerprint density at radius 3 is 2.08 bits per heavy atom. The van der Waals surface area contributed by atoms with E-state index in [0.717, 1.165) is 4.31 Å². The molecule has 0 fully saturated rings. The Balaban J connectivity index is 2.22. The summed E-state index contributed by atoms with van der Waals surface area (Å²) in [6, 6.07) is 11.3. The number of aliphatic hydroxyl groups excluding tert-OH is 1. The molecule has 0 aliphatic carbocycles. The van der Waals surface area contributed by atoms with Crippen molar-refractivity contribution in [2.45, 2.75) is 11.0 Å². The number of aliphatic hydroxyl groups is 1. The molecule has 0 heterocycles. The third kappa shape index (κ3) is 4.27. The first-order valence-corrected chi connectivity index (χ1v) is 9.28. The van der Waals surface area contributed by atoms with E-state index in [1.165, 1.54) is 33.4 Å². The average molecular weight is 381 g/mol. The van der Waals surface area contributed by atoms with Gasteiger partial charge in [-0.15, -0.1) is 0 Å². The predicted octanol–water partition coefficient (Wildman–Crippen LogP) is 2.07.